The number of amides is 2. The largest absolute Gasteiger partial charge is 0.417 e. The van der Waals surface area contributed by atoms with Crippen molar-refractivity contribution in [2.45, 2.75) is 25.7 Å². The Hall–Kier alpha value is -2.21. The fourth-order valence-corrected chi connectivity index (χ4v) is 4.73. The third kappa shape index (κ3) is 7.16. The summed E-state index contributed by atoms with van der Waals surface area (Å²) in [6.45, 7) is 0.232. The summed E-state index contributed by atoms with van der Waals surface area (Å²) in [5, 5.41) is 2.16. The molecule has 1 atom stereocenters. The van der Waals surface area contributed by atoms with Crippen LogP contribution in [0.25, 0.3) is 0 Å². The summed E-state index contributed by atoms with van der Waals surface area (Å²) in [6.07, 6.45) is -4.12. The van der Waals surface area contributed by atoms with E-state index < -0.39 is 56.9 Å². The molecule has 7 nitrogen and oxygen atoms in total. The molecule has 0 aliphatic carbocycles. The predicted octanol–water partition coefficient (Wildman–Crippen LogP) is 4.59. The smallest absolute Gasteiger partial charge is 0.357 e. The third-order valence-corrected chi connectivity index (χ3v) is 7.20. The molecule has 2 aromatic carbocycles. The first-order valence-electron chi connectivity index (χ1n) is 9.86. The van der Waals surface area contributed by atoms with Crippen LogP contribution in [-0.4, -0.2) is 51.0 Å². The van der Waals surface area contributed by atoms with Crippen molar-refractivity contribution in [3.05, 3.63) is 62.6 Å². The molecule has 2 rings (SSSR count). The van der Waals surface area contributed by atoms with E-state index in [1.807, 2.05) is 0 Å². The summed E-state index contributed by atoms with van der Waals surface area (Å²) in [7, 11) is -2.89. The van der Waals surface area contributed by atoms with Crippen LogP contribution < -0.4 is 9.62 Å². The summed E-state index contributed by atoms with van der Waals surface area (Å²) < 4.78 is 65.5. The van der Waals surface area contributed by atoms with Gasteiger partial charge < -0.3 is 10.2 Å². The fourth-order valence-electron chi connectivity index (χ4n) is 3.14. The molecule has 192 valence electrons. The molecule has 0 heterocycles. The zero-order valence-electron chi connectivity index (χ0n) is 18.7. The maximum absolute atomic E-state index is 13.3. The second-order valence-electron chi connectivity index (χ2n) is 7.44. The van der Waals surface area contributed by atoms with Gasteiger partial charge in [0.1, 0.15) is 12.6 Å². The Bertz CT molecular complexity index is 1210. The van der Waals surface area contributed by atoms with Crippen molar-refractivity contribution in [3.8, 4) is 0 Å². The lowest BCUT2D eigenvalue weighted by Crippen LogP contribution is -2.50. The molecule has 2 amide bonds. The van der Waals surface area contributed by atoms with Gasteiger partial charge in [0.15, 0.2) is 0 Å². The van der Waals surface area contributed by atoms with Gasteiger partial charge in [-0.05, 0) is 37.3 Å². The monoisotopic (exact) mass is 573 g/mol. The fraction of sp³-hybridized carbons (Fsp3) is 0.333. The van der Waals surface area contributed by atoms with E-state index in [4.69, 9.17) is 34.8 Å². The standard InChI is InChI=1S/C21H21Cl3F3N3O4S/c1-12(20(32)28-2)29(10-14-16(22)5-4-6-17(14)23)19(31)11-30(35(3,33)34)13-7-8-18(24)15(9-13)21(25,26)27/h4-9,12H,10-11H2,1-3H3,(H,28,32)/t12-/m0/s1. The Balaban J connectivity index is 2.52. The van der Waals surface area contributed by atoms with Crippen LogP contribution in [0.1, 0.15) is 18.1 Å². The molecule has 0 fully saturated rings. The number of sulfonamides is 1. The van der Waals surface area contributed by atoms with E-state index in [9.17, 15) is 31.2 Å². The summed E-state index contributed by atoms with van der Waals surface area (Å²) in [5.74, 6) is -1.45. The number of carbonyl (C=O) groups is 2. The van der Waals surface area contributed by atoms with E-state index >= 15 is 0 Å². The molecule has 0 aromatic heterocycles. The Kier molecular flexibility index (Phi) is 9.32. The molecule has 1 N–H and O–H groups in total. The zero-order chi connectivity index (χ0) is 26.7. The van der Waals surface area contributed by atoms with Crippen molar-refractivity contribution in [2.75, 3.05) is 24.2 Å². The van der Waals surface area contributed by atoms with Crippen molar-refractivity contribution in [2.24, 2.45) is 0 Å². The lowest BCUT2D eigenvalue weighted by atomic mass is 10.1. The minimum atomic E-state index is -4.86. The second kappa shape index (κ2) is 11.2. The molecule has 0 saturated carbocycles. The lowest BCUT2D eigenvalue weighted by molar-refractivity contribution is -0.139. The number of likely N-dealkylation sites (N-methyl/N-ethyl adjacent to an activating group) is 1. The number of hydrogen-bond donors (Lipinski definition) is 1. The first kappa shape index (κ1) is 29.0. The minimum absolute atomic E-state index is 0.201. The Morgan fingerprint density at radius 1 is 1.06 bits per heavy atom. The Morgan fingerprint density at radius 3 is 2.11 bits per heavy atom. The number of rotatable bonds is 8. The molecule has 35 heavy (non-hydrogen) atoms. The Morgan fingerprint density at radius 2 is 1.63 bits per heavy atom. The number of nitrogens with zero attached hydrogens (tertiary/aromatic N) is 2. The van der Waals surface area contributed by atoms with Gasteiger partial charge >= 0.3 is 6.18 Å². The van der Waals surface area contributed by atoms with Crippen LogP contribution in [0.4, 0.5) is 18.9 Å². The number of hydrogen-bond acceptors (Lipinski definition) is 4. The Labute approximate surface area is 215 Å². The highest BCUT2D eigenvalue weighted by atomic mass is 35.5. The van der Waals surface area contributed by atoms with Crippen LogP contribution in [-0.2, 0) is 32.3 Å². The van der Waals surface area contributed by atoms with Crippen LogP contribution in [0.2, 0.25) is 15.1 Å². The normalized spacial score (nSPS) is 12.7. The topological polar surface area (TPSA) is 86.8 Å². The van der Waals surface area contributed by atoms with E-state index in [2.05, 4.69) is 5.32 Å². The van der Waals surface area contributed by atoms with Gasteiger partial charge in [0.2, 0.25) is 21.8 Å². The molecule has 0 radical (unpaired) electrons. The van der Waals surface area contributed by atoms with E-state index in [0.29, 0.717) is 15.9 Å². The van der Waals surface area contributed by atoms with Crippen molar-refractivity contribution < 1.29 is 31.2 Å². The van der Waals surface area contributed by atoms with Crippen LogP contribution in [0.3, 0.4) is 0 Å². The summed E-state index contributed by atoms with van der Waals surface area (Å²) in [5.41, 5.74) is -1.39. The maximum Gasteiger partial charge on any atom is 0.417 e. The number of anilines is 1. The number of alkyl halides is 3. The van der Waals surface area contributed by atoms with Crippen molar-refractivity contribution >= 4 is 62.3 Å². The molecule has 14 heteroatoms. The van der Waals surface area contributed by atoms with E-state index in [0.717, 1.165) is 23.3 Å². The highest BCUT2D eigenvalue weighted by Crippen LogP contribution is 2.37. The number of halogens is 6. The van der Waals surface area contributed by atoms with Gasteiger partial charge in [0.25, 0.3) is 0 Å². The first-order valence-corrected chi connectivity index (χ1v) is 12.8. The van der Waals surface area contributed by atoms with Gasteiger partial charge in [0.05, 0.1) is 22.5 Å². The van der Waals surface area contributed by atoms with E-state index in [1.54, 1.807) is 6.07 Å². The quantitative estimate of drug-likeness (QED) is 0.500. The molecule has 0 unspecified atom stereocenters. The molecular weight excluding hydrogens is 554 g/mol. The summed E-state index contributed by atoms with van der Waals surface area (Å²) in [4.78, 5) is 26.7. The van der Waals surface area contributed by atoms with Crippen LogP contribution in [0, 0.1) is 0 Å². The summed E-state index contributed by atoms with van der Waals surface area (Å²) >= 11 is 18.0. The van der Waals surface area contributed by atoms with Crippen molar-refractivity contribution in [3.63, 3.8) is 0 Å². The average Bonchev–Trinajstić information content (AvgIpc) is 2.75. The van der Waals surface area contributed by atoms with Crippen LogP contribution in [0.15, 0.2) is 36.4 Å². The highest BCUT2D eigenvalue weighted by Gasteiger charge is 2.35. The minimum Gasteiger partial charge on any atom is -0.357 e. The zero-order valence-corrected chi connectivity index (χ0v) is 21.7. The molecule has 0 spiro atoms. The molecular formula is C21H21Cl3F3N3O4S. The second-order valence-corrected chi connectivity index (χ2v) is 10.6. The third-order valence-electron chi connectivity index (χ3n) is 5.03. The molecule has 0 bridgehead atoms. The molecule has 0 aliphatic heterocycles. The van der Waals surface area contributed by atoms with Gasteiger partial charge in [-0.1, -0.05) is 40.9 Å². The lowest BCUT2D eigenvalue weighted by Gasteiger charge is -2.31. The molecule has 0 aliphatic rings. The first-order chi connectivity index (χ1) is 16.1. The van der Waals surface area contributed by atoms with E-state index in [1.165, 1.54) is 26.1 Å². The van der Waals surface area contributed by atoms with Crippen molar-refractivity contribution in [1.29, 1.82) is 0 Å². The number of benzene rings is 2. The maximum atomic E-state index is 13.3. The van der Waals surface area contributed by atoms with Gasteiger partial charge in [-0.15, -0.1) is 0 Å². The molecule has 2 aromatic rings. The number of carbonyl (C=O) groups excluding carboxylic acids is 2. The van der Waals surface area contributed by atoms with Gasteiger partial charge in [-0.2, -0.15) is 13.2 Å². The van der Waals surface area contributed by atoms with Gasteiger partial charge in [0, 0.05) is 29.2 Å². The van der Waals surface area contributed by atoms with Gasteiger partial charge in [-0.3, -0.25) is 13.9 Å². The van der Waals surface area contributed by atoms with Crippen molar-refractivity contribution in [1.82, 2.24) is 10.2 Å². The van der Waals surface area contributed by atoms with Crippen LogP contribution >= 0.6 is 34.8 Å². The summed E-state index contributed by atoms with van der Waals surface area (Å²) in [6, 6.07) is 5.98. The molecule has 0 saturated heterocycles. The predicted molar refractivity (Wildman–Crippen MR) is 129 cm³/mol. The highest BCUT2D eigenvalue weighted by molar-refractivity contribution is 7.92. The van der Waals surface area contributed by atoms with Gasteiger partial charge in [-0.25, -0.2) is 8.42 Å². The SMILES string of the molecule is CNC(=O)[C@H](C)N(Cc1c(Cl)cccc1Cl)C(=O)CN(c1ccc(Cl)c(C(F)(F)F)c1)S(C)(=O)=O. The average molecular weight is 575 g/mol. The van der Waals surface area contributed by atoms with Crippen LogP contribution in [0.5, 0.6) is 0 Å². The van der Waals surface area contributed by atoms with E-state index in [-0.39, 0.29) is 16.6 Å². The number of nitrogens with one attached hydrogen (secondary N) is 1.